The van der Waals surface area contributed by atoms with Crippen molar-refractivity contribution in [2.24, 2.45) is 23.2 Å². The van der Waals surface area contributed by atoms with Crippen LogP contribution in [-0.4, -0.2) is 44.5 Å². The maximum absolute atomic E-state index is 4.34. The standard InChI is InChI=1S/C28H48BN3/c1-2-9-19(10-3-1)29-23-14-7-17-31-26(23)28(27-24(29)15-8-18-32-27)22-13-5-4-11-20(22)21-12-6-16-30-25(21)28/h19-27,30-32H,1-18H2. The number of nitrogens with one attached hydrogen (secondary N) is 3. The molecule has 7 fully saturated rings. The fourth-order valence-corrected chi connectivity index (χ4v) is 11.8. The molecule has 0 aromatic heterocycles. The van der Waals surface area contributed by atoms with Gasteiger partial charge < -0.3 is 16.0 Å². The predicted octanol–water partition coefficient (Wildman–Crippen LogP) is 5.25. The maximum atomic E-state index is 4.34. The van der Waals surface area contributed by atoms with Gasteiger partial charge in [0.15, 0.2) is 6.71 Å². The Morgan fingerprint density at radius 2 is 1.06 bits per heavy atom. The van der Waals surface area contributed by atoms with Gasteiger partial charge in [-0.2, -0.15) is 0 Å². The highest BCUT2D eigenvalue weighted by Gasteiger charge is 2.72. The van der Waals surface area contributed by atoms with Crippen molar-refractivity contribution in [3.8, 4) is 0 Å². The lowest BCUT2D eigenvalue weighted by molar-refractivity contribution is -0.0158. The van der Waals surface area contributed by atoms with E-state index < -0.39 is 0 Å². The van der Waals surface area contributed by atoms with E-state index in [0.29, 0.717) is 5.41 Å². The number of hydrogen-bond acceptors (Lipinski definition) is 3. The molecule has 0 radical (unpaired) electrons. The molecule has 8 atom stereocenters. The monoisotopic (exact) mass is 437 g/mol. The molecule has 7 aliphatic rings. The first-order valence-electron chi connectivity index (χ1n) is 15.1. The van der Waals surface area contributed by atoms with Crippen LogP contribution in [0.2, 0.25) is 17.5 Å². The lowest BCUT2D eigenvalue weighted by Crippen LogP contribution is -2.76. The van der Waals surface area contributed by atoms with Gasteiger partial charge in [-0.3, -0.25) is 0 Å². The summed E-state index contributed by atoms with van der Waals surface area (Å²) in [6.07, 6.45) is 22.5. The SMILES string of the molecule is C1CCC(B2C3CCCNC3C3(C4CCCCC4C4CCCNC43)C3NCCCC23)CC1. The summed E-state index contributed by atoms with van der Waals surface area (Å²) in [6, 6.07) is 2.34. The van der Waals surface area contributed by atoms with Crippen molar-refractivity contribution in [2.45, 2.75) is 132 Å². The molecule has 178 valence electrons. The number of piperidine rings is 3. The van der Waals surface area contributed by atoms with Crippen LogP contribution < -0.4 is 16.0 Å². The zero-order valence-corrected chi connectivity index (χ0v) is 20.5. The average molecular weight is 438 g/mol. The highest BCUT2D eigenvalue weighted by atomic mass is 15.1. The summed E-state index contributed by atoms with van der Waals surface area (Å²) in [5.74, 6) is 5.89. The Hall–Kier alpha value is -0.0551. The van der Waals surface area contributed by atoms with Gasteiger partial charge in [0, 0.05) is 23.5 Å². The summed E-state index contributed by atoms with van der Waals surface area (Å²) in [7, 11) is 0. The summed E-state index contributed by atoms with van der Waals surface area (Å²) >= 11 is 0. The summed E-state index contributed by atoms with van der Waals surface area (Å²) in [4.78, 5) is 0. The van der Waals surface area contributed by atoms with Crippen molar-refractivity contribution < 1.29 is 0 Å². The Kier molecular flexibility index (Phi) is 5.68. The third kappa shape index (κ3) is 2.97. The van der Waals surface area contributed by atoms with Gasteiger partial charge >= 0.3 is 0 Å². The second kappa shape index (κ2) is 8.56. The highest BCUT2D eigenvalue weighted by Crippen LogP contribution is 2.69. The fraction of sp³-hybridized carbons (Fsp3) is 1.00. The van der Waals surface area contributed by atoms with E-state index in [2.05, 4.69) is 16.0 Å². The van der Waals surface area contributed by atoms with Gasteiger partial charge in [-0.25, -0.2) is 0 Å². The quantitative estimate of drug-likeness (QED) is 0.491. The Balaban J connectivity index is 1.36. The lowest BCUT2D eigenvalue weighted by Gasteiger charge is -2.66. The van der Waals surface area contributed by atoms with Crippen LogP contribution in [0.15, 0.2) is 0 Å². The molecule has 7 rings (SSSR count). The van der Waals surface area contributed by atoms with Crippen molar-refractivity contribution in [1.29, 1.82) is 0 Å². The van der Waals surface area contributed by atoms with Crippen molar-refractivity contribution in [3.63, 3.8) is 0 Å². The molecular weight excluding hydrogens is 389 g/mol. The van der Waals surface area contributed by atoms with Crippen molar-refractivity contribution in [2.75, 3.05) is 19.6 Å². The normalized spacial score (nSPS) is 51.6. The lowest BCUT2D eigenvalue weighted by atomic mass is 9.18. The first-order valence-corrected chi connectivity index (χ1v) is 15.1. The van der Waals surface area contributed by atoms with Crippen molar-refractivity contribution >= 4 is 6.71 Å². The Morgan fingerprint density at radius 1 is 0.500 bits per heavy atom. The minimum atomic E-state index is 0.484. The van der Waals surface area contributed by atoms with Crippen molar-refractivity contribution in [1.82, 2.24) is 16.0 Å². The van der Waals surface area contributed by atoms with Crippen LogP contribution in [0, 0.1) is 23.2 Å². The zero-order valence-electron chi connectivity index (χ0n) is 20.5. The molecule has 32 heavy (non-hydrogen) atoms. The van der Waals surface area contributed by atoms with Gasteiger partial charge in [-0.15, -0.1) is 0 Å². The molecule has 4 heterocycles. The molecule has 4 saturated heterocycles. The van der Waals surface area contributed by atoms with E-state index in [4.69, 9.17) is 0 Å². The largest absolute Gasteiger partial charge is 0.314 e. The molecule has 4 heteroatoms. The van der Waals surface area contributed by atoms with Crippen molar-refractivity contribution in [3.05, 3.63) is 0 Å². The molecule has 0 bridgehead atoms. The first kappa shape index (κ1) is 21.2. The van der Waals surface area contributed by atoms with Gasteiger partial charge in [-0.1, -0.05) is 63.6 Å². The Labute approximate surface area is 197 Å². The van der Waals surface area contributed by atoms with E-state index in [9.17, 15) is 0 Å². The molecule has 3 N–H and O–H groups in total. The molecule has 0 amide bonds. The van der Waals surface area contributed by atoms with Gasteiger partial charge in [0.05, 0.1) is 0 Å². The van der Waals surface area contributed by atoms with Gasteiger partial charge in [0.25, 0.3) is 0 Å². The molecule has 3 aliphatic carbocycles. The summed E-state index contributed by atoms with van der Waals surface area (Å²) in [5, 5.41) is 13.0. The topological polar surface area (TPSA) is 36.1 Å². The van der Waals surface area contributed by atoms with E-state index in [-0.39, 0.29) is 0 Å². The van der Waals surface area contributed by atoms with Crippen LogP contribution in [0.3, 0.4) is 0 Å². The molecule has 0 aromatic rings. The van der Waals surface area contributed by atoms with E-state index in [0.717, 1.165) is 60.0 Å². The molecule has 4 aliphatic heterocycles. The number of rotatable bonds is 1. The molecule has 3 saturated carbocycles. The average Bonchev–Trinajstić information content (AvgIpc) is 3.16. The summed E-state index contributed by atoms with van der Waals surface area (Å²) < 4.78 is 0. The molecular formula is C28H48BN3. The fourth-order valence-electron chi connectivity index (χ4n) is 11.8. The molecule has 0 aromatic carbocycles. The summed E-state index contributed by atoms with van der Waals surface area (Å²) in [6.45, 7) is 4.85. The van der Waals surface area contributed by atoms with E-state index in [1.807, 2.05) is 0 Å². The Morgan fingerprint density at radius 3 is 1.78 bits per heavy atom. The summed E-state index contributed by atoms with van der Waals surface area (Å²) in [5.41, 5.74) is 0.484. The van der Waals surface area contributed by atoms with E-state index in [1.165, 1.54) is 103 Å². The number of hydrogen-bond donors (Lipinski definition) is 3. The first-order chi connectivity index (χ1) is 15.9. The minimum absolute atomic E-state index is 0.484. The smallest absolute Gasteiger partial charge is 0.153 e. The van der Waals surface area contributed by atoms with Crippen LogP contribution in [0.4, 0.5) is 0 Å². The van der Waals surface area contributed by atoms with Crippen LogP contribution >= 0.6 is 0 Å². The van der Waals surface area contributed by atoms with E-state index in [1.54, 1.807) is 12.8 Å². The van der Waals surface area contributed by atoms with E-state index >= 15 is 0 Å². The Bertz CT molecular complexity index is 630. The zero-order chi connectivity index (χ0) is 21.1. The maximum Gasteiger partial charge on any atom is 0.153 e. The predicted molar refractivity (Wildman–Crippen MR) is 135 cm³/mol. The molecule has 8 unspecified atom stereocenters. The van der Waals surface area contributed by atoms with Gasteiger partial charge in [0.1, 0.15) is 0 Å². The molecule has 3 nitrogen and oxygen atoms in total. The van der Waals surface area contributed by atoms with Crippen LogP contribution in [0.1, 0.15) is 96.3 Å². The molecule has 1 spiro atoms. The van der Waals surface area contributed by atoms with Gasteiger partial charge in [-0.05, 0) is 87.5 Å². The third-order valence-corrected chi connectivity index (χ3v) is 12.3. The third-order valence-electron chi connectivity index (χ3n) is 12.3. The van der Waals surface area contributed by atoms with Gasteiger partial charge in [0.2, 0.25) is 0 Å². The number of fused-ring (bicyclic) bond motifs is 9. The minimum Gasteiger partial charge on any atom is -0.314 e. The van der Waals surface area contributed by atoms with Crippen LogP contribution in [0.25, 0.3) is 0 Å². The van der Waals surface area contributed by atoms with Crippen LogP contribution in [-0.2, 0) is 0 Å². The second-order valence-corrected chi connectivity index (χ2v) is 13.2. The van der Waals surface area contributed by atoms with Crippen LogP contribution in [0.5, 0.6) is 0 Å². The highest BCUT2D eigenvalue weighted by molar-refractivity contribution is 6.64. The second-order valence-electron chi connectivity index (χ2n) is 13.2.